The van der Waals surface area contributed by atoms with E-state index in [0.29, 0.717) is 5.56 Å². The molecule has 0 bridgehead atoms. The number of carbonyl (C=O) groups excluding carboxylic acids is 1. The first-order valence-electron chi connectivity index (χ1n) is 7.24. The van der Waals surface area contributed by atoms with Crippen LogP contribution in [0.2, 0.25) is 0 Å². The molecular formula is C16H18N2O3S. The maximum atomic E-state index is 12.8. The second kappa shape index (κ2) is 5.35. The molecule has 0 aliphatic carbocycles. The van der Waals surface area contributed by atoms with Crippen LogP contribution in [0.5, 0.6) is 0 Å². The highest BCUT2D eigenvalue weighted by molar-refractivity contribution is 7.91. The van der Waals surface area contributed by atoms with E-state index in [-0.39, 0.29) is 30.5 Å². The molecule has 1 amide bonds. The molecule has 1 aromatic heterocycles. The fourth-order valence-electron chi connectivity index (χ4n) is 2.78. The first kappa shape index (κ1) is 15.0. The number of fused-ring (bicyclic) bond motifs is 1. The van der Waals surface area contributed by atoms with Crippen LogP contribution in [0.4, 0.5) is 0 Å². The van der Waals surface area contributed by atoms with E-state index >= 15 is 0 Å². The zero-order valence-electron chi connectivity index (χ0n) is 12.7. The third-order valence-corrected chi connectivity index (χ3v) is 5.64. The number of aryl methyl sites for hydroxylation is 2. The van der Waals surface area contributed by atoms with Crippen LogP contribution in [0.25, 0.3) is 10.9 Å². The third-order valence-electron chi connectivity index (χ3n) is 4.03. The number of sulfone groups is 1. The first-order valence-corrected chi connectivity index (χ1v) is 9.06. The predicted octanol–water partition coefficient (Wildman–Crippen LogP) is 1.72. The lowest BCUT2D eigenvalue weighted by Crippen LogP contribution is -2.43. The number of rotatable bonds is 1. The Hall–Kier alpha value is -1.95. The summed E-state index contributed by atoms with van der Waals surface area (Å²) in [5.74, 6) is -0.0319. The molecule has 6 heteroatoms. The zero-order chi connectivity index (χ0) is 15.9. The maximum absolute atomic E-state index is 12.8. The molecule has 0 radical (unpaired) electrons. The molecule has 2 aromatic rings. The van der Waals surface area contributed by atoms with Gasteiger partial charge in [-0.15, -0.1) is 0 Å². The van der Waals surface area contributed by atoms with Gasteiger partial charge in [-0.1, -0.05) is 18.2 Å². The van der Waals surface area contributed by atoms with Gasteiger partial charge in [0.2, 0.25) is 0 Å². The van der Waals surface area contributed by atoms with E-state index in [1.165, 1.54) is 0 Å². The topological polar surface area (TPSA) is 67.3 Å². The zero-order valence-corrected chi connectivity index (χ0v) is 13.5. The number of carbonyl (C=O) groups is 1. The average molecular weight is 318 g/mol. The van der Waals surface area contributed by atoms with Gasteiger partial charge in [0, 0.05) is 24.2 Å². The molecule has 0 unspecified atom stereocenters. The van der Waals surface area contributed by atoms with Crippen LogP contribution >= 0.6 is 0 Å². The minimum Gasteiger partial charge on any atom is -0.337 e. The minimum absolute atomic E-state index is 0.0414. The van der Waals surface area contributed by atoms with E-state index in [4.69, 9.17) is 0 Å². The molecule has 116 valence electrons. The fourth-order valence-corrected chi connectivity index (χ4v) is 3.98. The van der Waals surface area contributed by atoms with Crippen LogP contribution in [0.3, 0.4) is 0 Å². The number of para-hydroxylation sites is 1. The maximum Gasteiger partial charge on any atom is 0.254 e. The summed E-state index contributed by atoms with van der Waals surface area (Å²) in [5.41, 5.74) is 3.24. The molecule has 5 nitrogen and oxygen atoms in total. The lowest BCUT2D eigenvalue weighted by Gasteiger charge is -2.27. The van der Waals surface area contributed by atoms with E-state index in [2.05, 4.69) is 4.98 Å². The van der Waals surface area contributed by atoms with Crippen molar-refractivity contribution in [3.8, 4) is 0 Å². The Kier molecular flexibility index (Phi) is 3.64. The molecule has 3 rings (SSSR count). The molecule has 0 saturated carbocycles. The quantitative estimate of drug-likeness (QED) is 0.803. The second-order valence-electron chi connectivity index (χ2n) is 5.73. The summed E-state index contributed by atoms with van der Waals surface area (Å²) in [6.45, 7) is 4.35. The van der Waals surface area contributed by atoms with Crippen LogP contribution < -0.4 is 0 Å². The Bertz CT molecular complexity index is 845. The van der Waals surface area contributed by atoms with Crippen molar-refractivity contribution >= 4 is 26.6 Å². The third kappa shape index (κ3) is 2.70. The molecule has 1 saturated heterocycles. The number of amides is 1. The van der Waals surface area contributed by atoms with Crippen molar-refractivity contribution in [1.29, 1.82) is 0 Å². The molecule has 1 aromatic carbocycles. The fraction of sp³-hybridized carbons (Fsp3) is 0.375. The van der Waals surface area contributed by atoms with Crippen molar-refractivity contribution in [1.82, 2.24) is 9.88 Å². The average Bonchev–Trinajstić information content (AvgIpc) is 2.47. The largest absolute Gasteiger partial charge is 0.337 e. The predicted molar refractivity (Wildman–Crippen MR) is 85.8 cm³/mol. The number of hydrogen-bond donors (Lipinski definition) is 0. The summed E-state index contributed by atoms with van der Waals surface area (Å²) in [6.07, 6.45) is 0. The molecule has 0 atom stereocenters. The molecule has 1 aliphatic rings. The number of benzene rings is 1. The molecule has 22 heavy (non-hydrogen) atoms. The summed E-state index contributed by atoms with van der Waals surface area (Å²) in [4.78, 5) is 18.9. The summed E-state index contributed by atoms with van der Waals surface area (Å²) >= 11 is 0. The van der Waals surface area contributed by atoms with Gasteiger partial charge >= 0.3 is 0 Å². The number of nitrogens with zero attached hydrogens (tertiary/aromatic N) is 2. The second-order valence-corrected chi connectivity index (χ2v) is 8.03. The van der Waals surface area contributed by atoms with E-state index in [0.717, 1.165) is 22.2 Å². The Labute approximate surface area is 129 Å². The van der Waals surface area contributed by atoms with Crippen molar-refractivity contribution in [2.75, 3.05) is 24.6 Å². The lowest BCUT2D eigenvalue weighted by atomic mass is 10.0. The monoisotopic (exact) mass is 318 g/mol. The Balaban J connectivity index is 2.03. The van der Waals surface area contributed by atoms with Gasteiger partial charge < -0.3 is 4.90 Å². The SMILES string of the molecule is Cc1cc(C(=O)N2CCS(=O)(=O)CC2)c2cccc(C)c2n1. The van der Waals surface area contributed by atoms with Gasteiger partial charge in [-0.25, -0.2) is 8.42 Å². The van der Waals surface area contributed by atoms with Crippen molar-refractivity contribution in [2.45, 2.75) is 13.8 Å². The Morgan fingerprint density at radius 1 is 1.18 bits per heavy atom. The smallest absolute Gasteiger partial charge is 0.254 e. The number of pyridine rings is 1. The van der Waals surface area contributed by atoms with Crippen molar-refractivity contribution in [3.05, 3.63) is 41.1 Å². The first-order chi connectivity index (χ1) is 10.4. The number of aromatic nitrogens is 1. The van der Waals surface area contributed by atoms with E-state index in [1.54, 1.807) is 11.0 Å². The van der Waals surface area contributed by atoms with Gasteiger partial charge in [0.15, 0.2) is 9.84 Å². The summed E-state index contributed by atoms with van der Waals surface area (Å²) in [7, 11) is -2.99. The Morgan fingerprint density at radius 3 is 2.55 bits per heavy atom. The highest BCUT2D eigenvalue weighted by Crippen LogP contribution is 2.23. The van der Waals surface area contributed by atoms with Gasteiger partial charge in [0.25, 0.3) is 5.91 Å². The number of hydrogen-bond acceptors (Lipinski definition) is 4. The van der Waals surface area contributed by atoms with Crippen LogP contribution in [0, 0.1) is 13.8 Å². The normalized spacial score (nSPS) is 17.6. The molecular weight excluding hydrogens is 300 g/mol. The highest BCUT2D eigenvalue weighted by atomic mass is 32.2. The summed E-state index contributed by atoms with van der Waals surface area (Å²) in [5, 5.41) is 0.823. The molecule has 0 N–H and O–H groups in total. The minimum atomic E-state index is -2.99. The summed E-state index contributed by atoms with van der Waals surface area (Å²) < 4.78 is 23.0. The lowest BCUT2D eigenvalue weighted by molar-refractivity contribution is 0.0772. The van der Waals surface area contributed by atoms with Crippen molar-refractivity contribution in [3.63, 3.8) is 0 Å². The van der Waals surface area contributed by atoms with E-state index in [1.807, 2.05) is 32.0 Å². The van der Waals surface area contributed by atoms with Crippen molar-refractivity contribution in [2.24, 2.45) is 0 Å². The van der Waals surface area contributed by atoms with Crippen LogP contribution in [0.1, 0.15) is 21.6 Å². The Morgan fingerprint density at radius 2 is 1.86 bits per heavy atom. The molecule has 1 aliphatic heterocycles. The highest BCUT2D eigenvalue weighted by Gasteiger charge is 2.27. The van der Waals surface area contributed by atoms with Gasteiger partial charge in [-0.3, -0.25) is 9.78 Å². The van der Waals surface area contributed by atoms with Crippen LogP contribution in [0.15, 0.2) is 24.3 Å². The van der Waals surface area contributed by atoms with Gasteiger partial charge in [0.1, 0.15) is 0 Å². The van der Waals surface area contributed by atoms with Crippen LogP contribution in [-0.2, 0) is 9.84 Å². The van der Waals surface area contributed by atoms with Crippen molar-refractivity contribution < 1.29 is 13.2 Å². The van der Waals surface area contributed by atoms with Crippen LogP contribution in [-0.4, -0.2) is 48.8 Å². The van der Waals surface area contributed by atoms with Gasteiger partial charge in [-0.05, 0) is 25.5 Å². The van der Waals surface area contributed by atoms with E-state index in [9.17, 15) is 13.2 Å². The van der Waals surface area contributed by atoms with E-state index < -0.39 is 9.84 Å². The molecule has 0 spiro atoms. The standard InChI is InChI=1S/C16H18N2O3S/c1-11-4-3-5-13-14(10-12(2)17-15(11)13)16(19)18-6-8-22(20,21)9-7-18/h3-5,10H,6-9H2,1-2H3. The summed E-state index contributed by atoms with van der Waals surface area (Å²) in [6, 6.07) is 7.55. The van der Waals surface area contributed by atoms with Gasteiger partial charge in [-0.2, -0.15) is 0 Å². The molecule has 1 fully saturated rings. The van der Waals surface area contributed by atoms with Gasteiger partial charge in [0.05, 0.1) is 22.6 Å². The molecule has 2 heterocycles.